The molecule has 1 aliphatic rings. The number of rotatable bonds is 5. The summed E-state index contributed by atoms with van der Waals surface area (Å²) in [6.07, 6.45) is 4.05. The third-order valence-corrected chi connectivity index (χ3v) is 6.71. The molecule has 1 amide bonds. The van der Waals surface area contributed by atoms with Gasteiger partial charge in [0.1, 0.15) is 11.4 Å². The predicted molar refractivity (Wildman–Crippen MR) is 127 cm³/mol. The number of pyridine rings is 1. The Morgan fingerprint density at radius 3 is 2.53 bits per heavy atom. The molecule has 5 rings (SSSR count). The van der Waals surface area contributed by atoms with Crippen molar-refractivity contribution < 1.29 is 9.90 Å². The molecule has 162 valence electrons. The molecule has 0 bridgehead atoms. The minimum Gasteiger partial charge on any atom is -0.508 e. The second-order valence-corrected chi connectivity index (χ2v) is 8.86. The molecule has 32 heavy (non-hydrogen) atoms. The van der Waals surface area contributed by atoms with Gasteiger partial charge >= 0.3 is 0 Å². The minimum absolute atomic E-state index is 0.0671. The van der Waals surface area contributed by atoms with Crippen LogP contribution in [0, 0.1) is 0 Å². The first-order valence-corrected chi connectivity index (χ1v) is 11.6. The third-order valence-electron chi connectivity index (χ3n) is 5.66. The van der Waals surface area contributed by atoms with Gasteiger partial charge < -0.3 is 19.3 Å². The SMILES string of the molecule is O=C(c1ccc(SCc2cn3ccccc3n2)cc1)N1CCN(c2cccc(O)c2)CC1. The normalized spacial score (nSPS) is 14.1. The van der Waals surface area contributed by atoms with E-state index < -0.39 is 0 Å². The molecule has 1 N–H and O–H groups in total. The van der Waals surface area contributed by atoms with Crippen LogP contribution >= 0.6 is 11.8 Å². The molecule has 6 nitrogen and oxygen atoms in total. The Bertz CT molecular complexity index is 1200. The highest BCUT2D eigenvalue weighted by molar-refractivity contribution is 7.98. The second-order valence-electron chi connectivity index (χ2n) is 7.81. The Balaban J connectivity index is 1.16. The number of aromatic nitrogens is 2. The molecule has 0 atom stereocenters. The van der Waals surface area contributed by atoms with E-state index in [1.807, 2.05) is 70.1 Å². The molecule has 0 saturated carbocycles. The molecule has 7 heteroatoms. The van der Waals surface area contributed by atoms with Crippen molar-refractivity contribution in [1.82, 2.24) is 14.3 Å². The van der Waals surface area contributed by atoms with Crippen LogP contribution in [-0.2, 0) is 5.75 Å². The van der Waals surface area contributed by atoms with Crippen molar-refractivity contribution in [2.75, 3.05) is 31.1 Å². The molecule has 0 aliphatic carbocycles. The number of piperazine rings is 1. The summed E-state index contributed by atoms with van der Waals surface area (Å²) >= 11 is 1.72. The van der Waals surface area contributed by atoms with Crippen LogP contribution in [0.4, 0.5) is 5.69 Å². The summed E-state index contributed by atoms with van der Waals surface area (Å²) in [5, 5.41) is 9.69. The van der Waals surface area contributed by atoms with Crippen LogP contribution in [0.25, 0.3) is 5.65 Å². The van der Waals surface area contributed by atoms with Gasteiger partial charge in [0.15, 0.2) is 0 Å². The summed E-state index contributed by atoms with van der Waals surface area (Å²) in [4.78, 5) is 22.8. The van der Waals surface area contributed by atoms with Gasteiger partial charge in [-0.05, 0) is 48.5 Å². The van der Waals surface area contributed by atoms with Gasteiger partial charge in [-0.2, -0.15) is 0 Å². The molecule has 4 aromatic rings. The quantitative estimate of drug-likeness (QED) is 0.465. The highest BCUT2D eigenvalue weighted by atomic mass is 32.2. The van der Waals surface area contributed by atoms with E-state index in [2.05, 4.69) is 16.1 Å². The number of aromatic hydroxyl groups is 1. The maximum absolute atomic E-state index is 12.9. The summed E-state index contributed by atoms with van der Waals surface area (Å²) in [7, 11) is 0. The third kappa shape index (κ3) is 4.43. The fourth-order valence-electron chi connectivity index (χ4n) is 3.95. The largest absolute Gasteiger partial charge is 0.508 e. The van der Waals surface area contributed by atoms with Crippen molar-refractivity contribution >= 4 is 29.0 Å². The van der Waals surface area contributed by atoms with Crippen LogP contribution in [0.15, 0.2) is 84.0 Å². The van der Waals surface area contributed by atoms with E-state index in [1.165, 1.54) is 0 Å². The molecule has 1 saturated heterocycles. The number of phenols is 1. The van der Waals surface area contributed by atoms with Crippen LogP contribution in [0.1, 0.15) is 16.1 Å². The first-order chi connectivity index (χ1) is 15.7. The van der Waals surface area contributed by atoms with Gasteiger partial charge in [0.2, 0.25) is 0 Å². The fraction of sp³-hybridized carbons (Fsp3) is 0.200. The zero-order valence-electron chi connectivity index (χ0n) is 17.6. The number of carbonyl (C=O) groups excluding carboxylic acids is 1. The smallest absolute Gasteiger partial charge is 0.253 e. The van der Waals surface area contributed by atoms with Gasteiger partial charge in [0.25, 0.3) is 5.91 Å². The Labute approximate surface area is 191 Å². The lowest BCUT2D eigenvalue weighted by atomic mass is 10.1. The number of amides is 1. The summed E-state index contributed by atoms with van der Waals surface area (Å²) in [6, 6.07) is 21.1. The van der Waals surface area contributed by atoms with Crippen LogP contribution in [0.2, 0.25) is 0 Å². The lowest BCUT2D eigenvalue weighted by molar-refractivity contribution is 0.0746. The van der Waals surface area contributed by atoms with E-state index in [-0.39, 0.29) is 11.7 Å². The van der Waals surface area contributed by atoms with Crippen LogP contribution in [0.3, 0.4) is 0 Å². The van der Waals surface area contributed by atoms with E-state index in [4.69, 9.17) is 0 Å². The van der Waals surface area contributed by atoms with E-state index in [9.17, 15) is 9.90 Å². The summed E-state index contributed by atoms with van der Waals surface area (Å²) in [5.41, 5.74) is 3.69. The lowest BCUT2D eigenvalue weighted by Crippen LogP contribution is -2.48. The number of anilines is 1. The van der Waals surface area contributed by atoms with E-state index in [0.717, 1.165) is 40.8 Å². The number of carbonyl (C=O) groups is 1. The maximum Gasteiger partial charge on any atom is 0.253 e. The van der Waals surface area contributed by atoms with Crippen molar-refractivity contribution in [3.63, 3.8) is 0 Å². The van der Waals surface area contributed by atoms with Gasteiger partial charge in [-0.25, -0.2) is 4.98 Å². The molecule has 0 unspecified atom stereocenters. The second kappa shape index (κ2) is 8.96. The number of fused-ring (bicyclic) bond motifs is 1. The number of nitrogens with zero attached hydrogens (tertiary/aromatic N) is 4. The Morgan fingerprint density at radius 1 is 0.969 bits per heavy atom. The van der Waals surface area contributed by atoms with Crippen LogP contribution in [-0.4, -0.2) is 51.5 Å². The van der Waals surface area contributed by atoms with Gasteiger partial charge in [-0.1, -0.05) is 12.1 Å². The molecule has 2 aromatic heterocycles. The summed E-state index contributed by atoms with van der Waals surface area (Å²) in [5.74, 6) is 1.11. The van der Waals surface area contributed by atoms with Crippen molar-refractivity contribution in [3.05, 3.63) is 90.4 Å². The van der Waals surface area contributed by atoms with E-state index >= 15 is 0 Å². The molecule has 3 heterocycles. The zero-order chi connectivity index (χ0) is 21.9. The number of thioether (sulfide) groups is 1. The highest BCUT2D eigenvalue weighted by Gasteiger charge is 2.22. The van der Waals surface area contributed by atoms with Crippen LogP contribution < -0.4 is 4.90 Å². The van der Waals surface area contributed by atoms with E-state index in [1.54, 1.807) is 23.9 Å². The molecule has 1 fully saturated rings. The number of imidazole rings is 1. The van der Waals surface area contributed by atoms with Gasteiger partial charge in [0.05, 0.1) is 5.69 Å². The molecule has 0 spiro atoms. The van der Waals surface area contributed by atoms with Gasteiger partial charge in [-0.3, -0.25) is 4.79 Å². The maximum atomic E-state index is 12.9. The number of hydrogen-bond acceptors (Lipinski definition) is 5. The average molecular weight is 445 g/mol. The first-order valence-electron chi connectivity index (χ1n) is 10.6. The van der Waals surface area contributed by atoms with Crippen LogP contribution in [0.5, 0.6) is 5.75 Å². The number of benzene rings is 2. The molecular weight excluding hydrogens is 420 g/mol. The van der Waals surface area contributed by atoms with Crippen molar-refractivity contribution in [1.29, 1.82) is 0 Å². The lowest BCUT2D eigenvalue weighted by Gasteiger charge is -2.36. The summed E-state index contributed by atoms with van der Waals surface area (Å²) < 4.78 is 2.03. The Hall–Kier alpha value is -3.45. The molecular formula is C25H24N4O2S. The van der Waals surface area contributed by atoms with Gasteiger partial charge in [0, 0.05) is 66.5 Å². The summed E-state index contributed by atoms with van der Waals surface area (Å²) in [6.45, 7) is 2.84. The molecule has 1 aliphatic heterocycles. The van der Waals surface area contributed by atoms with E-state index in [0.29, 0.717) is 18.7 Å². The highest BCUT2D eigenvalue weighted by Crippen LogP contribution is 2.24. The monoisotopic (exact) mass is 444 g/mol. The van der Waals surface area contributed by atoms with Crippen molar-refractivity contribution in [3.8, 4) is 5.75 Å². The fourth-order valence-corrected chi connectivity index (χ4v) is 4.73. The molecule has 0 radical (unpaired) electrons. The topological polar surface area (TPSA) is 61.1 Å². The Kier molecular flexibility index (Phi) is 5.73. The zero-order valence-corrected chi connectivity index (χ0v) is 18.4. The number of hydrogen-bond donors (Lipinski definition) is 1. The molecule has 2 aromatic carbocycles. The van der Waals surface area contributed by atoms with Gasteiger partial charge in [-0.15, -0.1) is 11.8 Å². The van der Waals surface area contributed by atoms with Crippen molar-refractivity contribution in [2.45, 2.75) is 10.6 Å². The minimum atomic E-state index is 0.0671. The predicted octanol–water partition coefficient (Wildman–Crippen LogP) is 4.29. The average Bonchev–Trinajstić information content (AvgIpc) is 3.26. The standard InChI is InChI=1S/C25H24N4O2S/c30-22-5-3-4-21(16-22)27-12-14-28(15-13-27)25(31)19-7-9-23(10-8-19)32-18-20-17-29-11-2-1-6-24(29)26-20/h1-11,16-17,30H,12-15,18H2. The van der Waals surface area contributed by atoms with Crippen molar-refractivity contribution in [2.24, 2.45) is 0 Å². The Morgan fingerprint density at radius 2 is 1.78 bits per heavy atom. The number of phenolic OH excluding ortho intramolecular Hbond substituents is 1. The first kappa shape index (κ1) is 20.5.